The maximum atomic E-state index is 13.6. The Morgan fingerprint density at radius 2 is 1.92 bits per heavy atom. The van der Waals surface area contributed by atoms with E-state index >= 15 is 0 Å². The minimum atomic E-state index is -0.537. The van der Waals surface area contributed by atoms with Crippen molar-refractivity contribution in [2.75, 3.05) is 11.9 Å². The molecule has 0 unspecified atom stereocenters. The third kappa shape index (κ3) is 4.47. The number of carbonyl (C=O) groups excluding carboxylic acids is 1. The lowest BCUT2D eigenvalue weighted by atomic mass is 10.1. The van der Waals surface area contributed by atoms with Gasteiger partial charge in [0.15, 0.2) is 0 Å². The second kappa shape index (κ2) is 7.97. The van der Waals surface area contributed by atoms with Crippen LogP contribution in [0.5, 0.6) is 0 Å². The third-order valence-electron chi connectivity index (χ3n) is 3.95. The summed E-state index contributed by atoms with van der Waals surface area (Å²) in [5, 5.41) is 6.23. The Morgan fingerprint density at radius 3 is 2.62 bits per heavy atom. The zero-order valence-electron chi connectivity index (χ0n) is 13.7. The van der Waals surface area contributed by atoms with E-state index in [-0.39, 0.29) is 23.5 Å². The van der Waals surface area contributed by atoms with Gasteiger partial charge in [-0.25, -0.2) is 4.39 Å². The molecule has 0 saturated heterocycles. The van der Waals surface area contributed by atoms with E-state index in [2.05, 4.69) is 10.6 Å². The van der Waals surface area contributed by atoms with Crippen LogP contribution in [0, 0.1) is 19.7 Å². The number of hydrogen-bond donors (Lipinski definition) is 2. The van der Waals surface area contributed by atoms with Crippen molar-refractivity contribution >= 4 is 34.8 Å². The van der Waals surface area contributed by atoms with Gasteiger partial charge in [-0.3, -0.25) is 4.79 Å². The highest BCUT2D eigenvalue weighted by Crippen LogP contribution is 2.28. The van der Waals surface area contributed by atoms with Crippen LogP contribution < -0.4 is 10.6 Å². The van der Waals surface area contributed by atoms with Gasteiger partial charge < -0.3 is 10.6 Å². The second-order valence-corrected chi connectivity index (χ2v) is 6.50. The highest BCUT2D eigenvalue weighted by atomic mass is 35.5. The van der Waals surface area contributed by atoms with Crippen molar-refractivity contribution in [1.29, 1.82) is 0 Å². The average Bonchev–Trinajstić information content (AvgIpc) is 2.53. The van der Waals surface area contributed by atoms with Gasteiger partial charge in [-0.15, -0.1) is 0 Å². The van der Waals surface area contributed by atoms with Crippen LogP contribution in [0.15, 0.2) is 30.3 Å². The van der Waals surface area contributed by atoms with Crippen LogP contribution in [0.4, 0.5) is 10.1 Å². The zero-order chi connectivity index (χ0) is 17.9. The van der Waals surface area contributed by atoms with E-state index < -0.39 is 5.82 Å². The molecule has 0 radical (unpaired) electrons. The van der Waals surface area contributed by atoms with E-state index in [1.54, 1.807) is 6.92 Å². The van der Waals surface area contributed by atoms with Gasteiger partial charge >= 0.3 is 0 Å². The molecule has 0 spiro atoms. The van der Waals surface area contributed by atoms with Crippen molar-refractivity contribution in [3.63, 3.8) is 0 Å². The van der Waals surface area contributed by atoms with Gasteiger partial charge in [-0.1, -0.05) is 35.3 Å². The first-order valence-electron chi connectivity index (χ1n) is 7.53. The maximum Gasteiger partial charge on any atom is 0.238 e. The molecule has 24 heavy (non-hydrogen) atoms. The molecule has 1 amide bonds. The molecule has 0 heterocycles. The summed E-state index contributed by atoms with van der Waals surface area (Å²) >= 11 is 11.8. The Kier molecular flexibility index (Phi) is 6.21. The first-order valence-corrected chi connectivity index (χ1v) is 8.29. The van der Waals surface area contributed by atoms with Crippen LogP contribution in [0.1, 0.15) is 29.7 Å². The summed E-state index contributed by atoms with van der Waals surface area (Å²) in [6, 6.07) is 8.09. The molecule has 0 aliphatic carbocycles. The molecule has 2 rings (SSSR count). The van der Waals surface area contributed by atoms with Gasteiger partial charge in [0.2, 0.25) is 5.91 Å². The second-order valence-electron chi connectivity index (χ2n) is 5.69. The number of hydrogen-bond acceptors (Lipinski definition) is 2. The third-order valence-corrected chi connectivity index (χ3v) is 4.57. The topological polar surface area (TPSA) is 41.1 Å². The summed E-state index contributed by atoms with van der Waals surface area (Å²) in [6.45, 7) is 5.83. The van der Waals surface area contributed by atoms with Crippen molar-refractivity contribution in [3.8, 4) is 0 Å². The van der Waals surface area contributed by atoms with Gasteiger partial charge in [-0.2, -0.15) is 0 Å². The van der Waals surface area contributed by atoms with Crippen LogP contribution in [-0.4, -0.2) is 12.5 Å². The fourth-order valence-electron chi connectivity index (χ4n) is 2.31. The predicted molar refractivity (Wildman–Crippen MR) is 97.4 cm³/mol. The summed E-state index contributed by atoms with van der Waals surface area (Å²) in [4.78, 5) is 12.1. The monoisotopic (exact) mass is 368 g/mol. The fraction of sp³-hybridized carbons (Fsp3) is 0.278. The van der Waals surface area contributed by atoms with Crippen LogP contribution in [0.2, 0.25) is 10.0 Å². The standard InChI is InChI=1S/C18H19Cl2FN2O/c1-10-5-4-6-17(11(10)2)23-18(24)9-22-12(3)13-7-16(21)15(20)8-14(13)19/h4-8,12,22H,9H2,1-3H3,(H,23,24)/t12-/m1/s1. The Labute approximate surface area is 151 Å². The lowest BCUT2D eigenvalue weighted by Gasteiger charge is -2.17. The summed E-state index contributed by atoms with van der Waals surface area (Å²) in [6.07, 6.45) is 0. The van der Waals surface area contributed by atoms with Crippen LogP contribution >= 0.6 is 23.2 Å². The Morgan fingerprint density at radius 1 is 1.21 bits per heavy atom. The molecule has 2 aromatic rings. The number of aryl methyl sites for hydroxylation is 1. The molecule has 0 aliphatic heterocycles. The lowest BCUT2D eigenvalue weighted by Crippen LogP contribution is -2.30. The quantitative estimate of drug-likeness (QED) is 0.725. The van der Waals surface area contributed by atoms with Crippen LogP contribution in [0.25, 0.3) is 0 Å². The minimum Gasteiger partial charge on any atom is -0.325 e. The number of carbonyl (C=O) groups is 1. The van der Waals surface area contributed by atoms with Gasteiger partial charge in [0.05, 0.1) is 11.6 Å². The Bertz CT molecular complexity index is 765. The molecule has 0 bridgehead atoms. The number of rotatable bonds is 5. The Hall–Kier alpha value is -1.62. The highest BCUT2D eigenvalue weighted by Gasteiger charge is 2.14. The first kappa shape index (κ1) is 18.7. The number of anilines is 1. The van der Waals surface area contributed by atoms with E-state index in [1.807, 2.05) is 32.0 Å². The average molecular weight is 369 g/mol. The predicted octanol–water partition coefficient (Wildman–Crippen LogP) is 5.04. The Balaban J connectivity index is 1.99. The van der Waals surface area contributed by atoms with Crippen LogP contribution in [0.3, 0.4) is 0 Å². The smallest absolute Gasteiger partial charge is 0.238 e. The summed E-state index contributed by atoms with van der Waals surface area (Å²) in [7, 11) is 0. The van der Waals surface area contributed by atoms with Crippen molar-refractivity contribution in [2.45, 2.75) is 26.8 Å². The lowest BCUT2D eigenvalue weighted by molar-refractivity contribution is -0.115. The zero-order valence-corrected chi connectivity index (χ0v) is 15.2. The molecule has 0 aromatic heterocycles. The molecule has 3 nitrogen and oxygen atoms in total. The van der Waals surface area contributed by atoms with Crippen molar-refractivity contribution in [1.82, 2.24) is 5.32 Å². The molecule has 2 N–H and O–H groups in total. The minimum absolute atomic E-state index is 0.0244. The van der Waals surface area contributed by atoms with E-state index in [1.165, 1.54) is 12.1 Å². The number of halogens is 3. The van der Waals surface area contributed by atoms with E-state index in [9.17, 15) is 9.18 Å². The largest absolute Gasteiger partial charge is 0.325 e. The molecular weight excluding hydrogens is 350 g/mol. The molecule has 128 valence electrons. The molecule has 0 aliphatic rings. The van der Waals surface area contributed by atoms with Gasteiger partial charge in [0.25, 0.3) is 0 Å². The molecule has 0 saturated carbocycles. The van der Waals surface area contributed by atoms with E-state index in [0.29, 0.717) is 10.6 Å². The molecule has 0 fully saturated rings. The van der Waals surface area contributed by atoms with E-state index in [0.717, 1.165) is 16.8 Å². The van der Waals surface area contributed by atoms with Crippen LogP contribution in [-0.2, 0) is 4.79 Å². The molecular formula is C18H19Cl2FN2O. The molecule has 6 heteroatoms. The van der Waals surface area contributed by atoms with Crippen molar-refractivity contribution in [3.05, 3.63) is 62.9 Å². The summed E-state index contributed by atoms with van der Waals surface area (Å²) in [5.74, 6) is -0.717. The molecule has 2 aromatic carbocycles. The maximum absolute atomic E-state index is 13.6. The van der Waals surface area contributed by atoms with Gasteiger partial charge in [0, 0.05) is 16.8 Å². The number of benzene rings is 2. The van der Waals surface area contributed by atoms with E-state index in [4.69, 9.17) is 23.2 Å². The number of amides is 1. The first-order chi connectivity index (χ1) is 11.3. The van der Waals surface area contributed by atoms with Gasteiger partial charge in [0.1, 0.15) is 5.82 Å². The highest BCUT2D eigenvalue weighted by molar-refractivity contribution is 6.35. The number of nitrogens with one attached hydrogen (secondary N) is 2. The van der Waals surface area contributed by atoms with Gasteiger partial charge in [-0.05, 0) is 55.7 Å². The SMILES string of the molecule is Cc1cccc(NC(=O)CN[C@H](C)c2cc(F)c(Cl)cc2Cl)c1C. The summed E-state index contributed by atoms with van der Waals surface area (Å²) in [5.41, 5.74) is 3.47. The summed E-state index contributed by atoms with van der Waals surface area (Å²) < 4.78 is 13.6. The molecule has 1 atom stereocenters. The van der Waals surface area contributed by atoms with Crippen molar-refractivity contribution < 1.29 is 9.18 Å². The van der Waals surface area contributed by atoms with Crippen molar-refractivity contribution in [2.24, 2.45) is 0 Å². The fourth-order valence-corrected chi connectivity index (χ4v) is 2.85. The normalized spacial score (nSPS) is 12.1.